The van der Waals surface area contributed by atoms with Gasteiger partial charge in [-0.05, 0) is 43.6 Å². The van der Waals surface area contributed by atoms with Crippen LogP contribution < -0.4 is 21.6 Å². The Morgan fingerprint density at radius 1 is 1.11 bits per heavy atom. The molecule has 256 valence electrons. The number of nitrogens with two attached hydrogens (primary N) is 1. The standard InChI is InChI=1S/C29H50N5O10P/c1-10-29(22(36)21(35)23(44-29)34-14-11-20(30)31-26(34)39)17-43-45(40,32-18(2)24(37)41-15-12-27(4,5)6)33-19(3)25(38)42-16-13-28(7,8)9/h10-11,14,18-19,21-23,35-36H,1,12-13,15-17H2,2-9H3,(H2,30,31,39)(H2,32,33,40)/t18-,19-,21+,22-,23+,29+/m0/s1. The second-order valence-corrected chi connectivity index (χ2v) is 15.5. The quantitative estimate of drug-likeness (QED) is 0.104. The maximum Gasteiger partial charge on any atom is 0.351 e. The number of carbonyl (C=O) groups excluding carboxylic acids is 2. The lowest BCUT2D eigenvalue weighted by atomic mass is 9.93. The SMILES string of the molecule is C=C[C@]1(COP(=O)(N[C@@H](C)C(=O)OCCC(C)(C)C)N[C@@H](C)C(=O)OCCC(C)(C)C)O[C@@H](n2ccc(N)nc2=O)[C@H](O)[C@@H]1O. The van der Waals surface area contributed by atoms with Gasteiger partial charge in [0.2, 0.25) is 0 Å². The molecule has 2 heterocycles. The van der Waals surface area contributed by atoms with E-state index in [1.807, 2.05) is 41.5 Å². The number of carbonyl (C=O) groups is 2. The zero-order chi connectivity index (χ0) is 34.4. The van der Waals surface area contributed by atoms with Crippen LogP contribution >= 0.6 is 7.67 Å². The molecule has 0 unspecified atom stereocenters. The van der Waals surface area contributed by atoms with Gasteiger partial charge in [0.25, 0.3) is 0 Å². The van der Waals surface area contributed by atoms with Gasteiger partial charge in [-0.15, -0.1) is 6.58 Å². The van der Waals surface area contributed by atoms with Gasteiger partial charge < -0.3 is 34.7 Å². The number of ether oxygens (including phenoxy) is 3. The highest BCUT2D eigenvalue weighted by Crippen LogP contribution is 2.44. The number of aromatic nitrogens is 2. The number of nitrogens with one attached hydrogen (secondary N) is 2. The molecule has 1 saturated heterocycles. The van der Waals surface area contributed by atoms with Crippen molar-refractivity contribution < 1.29 is 43.1 Å². The molecule has 1 fully saturated rings. The van der Waals surface area contributed by atoms with Crippen LogP contribution in [0, 0.1) is 10.8 Å². The summed E-state index contributed by atoms with van der Waals surface area (Å²) in [6, 6.07) is -1.03. The monoisotopic (exact) mass is 659 g/mol. The smallest absolute Gasteiger partial charge is 0.351 e. The number of anilines is 1. The normalized spacial score (nSPS) is 23.7. The van der Waals surface area contributed by atoms with Crippen molar-refractivity contribution in [2.45, 2.75) is 104 Å². The third-order valence-electron chi connectivity index (χ3n) is 7.03. The van der Waals surface area contributed by atoms with Crippen molar-refractivity contribution in [3.8, 4) is 0 Å². The molecule has 0 spiro atoms. The summed E-state index contributed by atoms with van der Waals surface area (Å²) in [4.78, 5) is 41.5. The Labute approximate surface area is 264 Å². The Balaban J connectivity index is 2.28. The van der Waals surface area contributed by atoms with E-state index < -0.39 is 68.0 Å². The Morgan fingerprint density at radius 3 is 2.02 bits per heavy atom. The largest absolute Gasteiger partial charge is 0.465 e. The minimum atomic E-state index is -4.35. The van der Waals surface area contributed by atoms with E-state index in [4.69, 9.17) is 24.5 Å². The van der Waals surface area contributed by atoms with Crippen LogP contribution in [0.3, 0.4) is 0 Å². The fraction of sp³-hybridized carbons (Fsp3) is 0.724. The van der Waals surface area contributed by atoms with Crippen LogP contribution in [-0.4, -0.2) is 81.4 Å². The van der Waals surface area contributed by atoms with E-state index >= 15 is 0 Å². The lowest BCUT2D eigenvalue weighted by Crippen LogP contribution is -2.47. The van der Waals surface area contributed by atoms with Crippen LogP contribution in [0.15, 0.2) is 29.7 Å². The fourth-order valence-corrected chi connectivity index (χ4v) is 5.92. The molecule has 6 atom stereocenters. The minimum Gasteiger partial charge on any atom is -0.465 e. The number of nitrogen functional groups attached to an aromatic ring is 1. The van der Waals surface area contributed by atoms with Crippen LogP contribution in [0.25, 0.3) is 0 Å². The summed E-state index contributed by atoms with van der Waals surface area (Å²) in [5.74, 6) is -1.49. The van der Waals surface area contributed by atoms with Crippen molar-refractivity contribution in [3.63, 3.8) is 0 Å². The van der Waals surface area contributed by atoms with Gasteiger partial charge in [0.1, 0.15) is 35.7 Å². The molecule has 45 heavy (non-hydrogen) atoms. The van der Waals surface area contributed by atoms with E-state index in [9.17, 15) is 29.2 Å². The maximum absolute atomic E-state index is 14.2. The highest BCUT2D eigenvalue weighted by molar-refractivity contribution is 7.54. The number of hydrogen-bond donors (Lipinski definition) is 5. The van der Waals surface area contributed by atoms with Gasteiger partial charge in [0.15, 0.2) is 6.23 Å². The van der Waals surface area contributed by atoms with Crippen molar-refractivity contribution in [2.75, 3.05) is 25.6 Å². The number of esters is 2. The average Bonchev–Trinajstić information content (AvgIpc) is 3.16. The Bertz CT molecular complexity index is 1250. The molecular weight excluding hydrogens is 609 g/mol. The molecule has 0 aliphatic carbocycles. The number of aliphatic hydroxyl groups is 2. The summed E-state index contributed by atoms with van der Waals surface area (Å²) in [5.41, 5.74) is 2.64. The average molecular weight is 660 g/mol. The molecule has 1 aromatic rings. The van der Waals surface area contributed by atoms with Crippen LogP contribution in [-0.2, 0) is 32.9 Å². The number of rotatable bonds is 15. The molecule has 0 bridgehead atoms. The first-order valence-corrected chi connectivity index (χ1v) is 16.4. The lowest BCUT2D eigenvalue weighted by molar-refractivity contribution is -0.146. The van der Waals surface area contributed by atoms with E-state index in [0.717, 1.165) is 10.6 Å². The van der Waals surface area contributed by atoms with Crippen molar-refractivity contribution >= 4 is 25.4 Å². The van der Waals surface area contributed by atoms with Gasteiger partial charge in [-0.2, -0.15) is 4.98 Å². The highest BCUT2D eigenvalue weighted by Gasteiger charge is 2.54. The molecule has 0 amide bonds. The predicted molar refractivity (Wildman–Crippen MR) is 167 cm³/mol. The zero-order valence-electron chi connectivity index (χ0n) is 27.4. The topological polar surface area (TPSA) is 214 Å². The molecule has 15 nitrogen and oxygen atoms in total. The lowest BCUT2D eigenvalue weighted by Gasteiger charge is -2.32. The second-order valence-electron chi connectivity index (χ2n) is 13.6. The Kier molecular flexibility index (Phi) is 13.1. The molecule has 6 N–H and O–H groups in total. The van der Waals surface area contributed by atoms with E-state index in [1.54, 1.807) is 0 Å². The molecule has 0 radical (unpaired) electrons. The summed E-state index contributed by atoms with van der Waals surface area (Å²) in [6.45, 7) is 18.0. The van der Waals surface area contributed by atoms with Crippen molar-refractivity contribution in [3.05, 3.63) is 35.4 Å². The van der Waals surface area contributed by atoms with Gasteiger partial charge in [-0.25, -0.2) is 15.0 Å². The zero-order valence-corrected chi connectivity index (χ0v) is 28.3. The van der Waals surface area contributed by atoms with Crippen molar-refractivity contribution in [1.29, 1.82) is 0 Å². The Morgan fingerprint density at radius 2 is 1.60 bits per heavy atom. The van der Waals surface area contributed by atoms with Crippen molar-refractivity contribution in [2.24, 2.45) is 10.8 Å². The number of aliphatic hydroxyl groups excluding tert-OH is 2. The van der Waals surface area contributed by atoms with E-state index in [-0.39, 0.29) is 29.9 Å². The van der Waals surface area contributed by atoms with Crippen LogP contribution in [0.2, 0.25) is 0 Å². The van der Waals surface area contributed by atoms with Crippen LogP contribution in [0.5, 0.6) is 0 Å². The summed E-state index contributed by atoms with van der Waals surface area (Å²) in [5, 5.41) is 26.9. The molecule has 1 aliphatic heterocycles. The molecule has 0 aromatic carbocycles. The molecular formula is C29H50N5O10P. The first-order chi connectivity index (χ1) is 20.6. The third kappa shape index (κ3) is 11.3. The molecule has 1 aliphatic rings. The van der Waals surface area contributed by atoms with Gasteiger partial charge in [0.05, 0.1) is 19.8 Å². The van der Waals surface area contributed by atoms with Crippen LogP contribution in [0.4, 0.5) is 5.82 Å². The van der Waals surface area contributed by atoms with Crippen LogP contribution in [0.1, 0.15) is 74.5 Å². The third-order valence-corrected chi connectivity index (χ3v) is 8.97. The minimum absolute atomic E-state index is 0.0576. The van der Waals surface area contributed by atoms with Gasteiger partial charge in [0, 0.05) is 6.20 Å². The summed E-state index contributed by atoms with van der Waals surface area (Å²) < 4.78 is 37.4. The Hall–Kier alpha value is -2.65. The maximum atomic E-state index is 14.2. The van der Waals surface area contributed by atoms with E-state index in [0.29, 0.717) is 12.8 Å². The highest BCUT2D eigenvalue weighted by atomic mass is 31.2. The summed E-state index contributed by atoms with van der Waals surface area (Å²) in [6.07, 6.45) is -1.27. The van der Waals surface area contributed by atoms with Gasteiger partial charge in [-0.3, -0.25) is 18.7 Å². The predicted octanol–water partition coefficient (Wildman–Crippen LogP) is 2.04. The van der Waals surface area contributed by atoms with E-state index in [1.165, 1.54) is 26.1 Å². The number of nitrogens with zero attached hydrogens (tertiary/aromatic N) is 2. The number of hydrogen-bond acceptors (Lipinski definition) is 12. The van der Waals surface area contributed by atoms with E-state index in [2.05, 4.69) is 21.7 Å². The van der Waals surface area contributed by atoms with Crippen molar-refractivity contribution in [1.82, 2.24) is 19.7 Å². The second kappa shape index (κ2) is 15.3. The van der Waals surface area contributed by atoms with Gasteiger partial charge in [-0.1, -0.05) is 47.6 Å². The molecule has 16 heteroatoms. The molecule has 0 saturated carbocycles. The first kappa shape index (κ1) is 38.5. The first-order valence-electron chi connectivity index (χ1n) is 14.8. The molecule has 2 rings (SSSR count). The summed E-state index contributed by atoms with van der Waals surface area (Å²) >= 11 is 0. The fourth-order valence-electron chi connectivity index (χ4n) is 4.08. The summed E-state index contributed by atoms with van der Waals surface area (Å²) in [7, 11) is -4.35. The van der Waals surface area contributed by atoms with Gasteiger partial charge >= 0.3 is 25.3 Å². The molecule has 1 aromatic heterocycles.